The smallest absolute Gasteiger partial charge is 0.0998 e. The summed E-state index contributed by atoms with van der Waals surface area (Å²) in [6.45, 7) is 2.47. The summed E-state index contributed by atoms with van der Waals surface area (Å²) in [7, 11) is 0. The first-order valence-corrected chi connectivity index (χ1v) is 6.10. The van der Waals surface area contributed by atoms with Gasteiger partial charge >= 0.3 is 0 Å². The number of nitrogens with zero attached hydrogens (tertiary/aromatic N) is 1. The van der Waals surface area contributed by atoms with E-state index in [1.54, 1.807) is 0 Å². The molecule has 3 nitrogen and oxygen atoms in total. The number of nitrogens with one attached hydrogen (secondary N) is 1. The first-order valence-electron chi connectivity index (χ1n) is 6.10. The highest BCUT2D eigenvalue weighted by Crippen LogP contribution is 2.26. The normalized spacial score (nSPS) is 12.1. The number of nitriles is 1. The van der Waals surface area contributed by atoms with Crippen molar-refractivity contribution in [3.05, 3.63) is 42.0 Å². The average molecular weight is 240 g/mol. The van der Waals surface area contributed by atoms with Crippen molar-refractivity contribution in [3.8, 4) is 6.07 Å². The second-order valence-corrected chi connectivity index (χ2v) is 4.26. The molecule has 0 heterocycles. The van der Waals surface area contributed by atoms with Crippen molar-refractivity contribution in [2.75, 3.05) is 11.9 Å². The molecule has 0 saturated carbocycles. The maximum absolute atomic E-state index is 9.58. The van der Waals surface area contributed by atoms with Crippen molar-refractivity contribution in [2.24, 2.45) is 0 Å². The Morgan fingerprint density at radius 3 is 2.61 bits per heavy atom. The Bertz CT molecular complexity index is 587. The molecule has 0 spiro atoms. The van der Waals surface area contributed by atoms with Gasteiger partial charge < -0.3 is 10.4 Å². The van der Waals surface area contributed by atoms with Crippen LogP contribution in [0.25, 0.3) is 10.8 Å². The van der Waals surface area contributed by atoms with Crippen LogP contribution in [-0.2, 0) is 0 Å². The van der Waals surface area contributed by atoms with Gasteiger partial charge in [0.15, 0.2) is 0 Å². The van der Waals surface area contributed by atoms with E-state index < -0.39 is 0 Å². The zero-order valence-electron chi connectivity index (χ0n) is 10.4. The second-order valence-electron chi connectivity index (χ2n) is 4.26. The molecule has 2 rings (SSSR count). The van der Waals surface area contributed by atoms with Crippen LogP contribution in [0.4, 0.5) is 5.69 Å². The van der Waals surface area contributed by atoms with E-state index in [9.17, 15) is 5.11 Å². The summed E-state index contributed by atoms with van der Waals surface area (Å²) < 4.78 is 0. The maximum atomic E-state index is 9.58. The number of aliphatic hydroxyl groups excluding tert-OH is 1. The van der Waals surface area contributed by atoms with Crippen LogP contribution in [-0.4, -0.2) is 17.8 Å². The van der Waals surface area contributed by atoms with Crippen molar-refractivity contribution in [1.29, 1.82) is 5.26 Å². The molecule has 3 heteroatoms. The molecule has 0 aromatic heterocycles. The van der Waals surface area contributed by atoms with Gasteiger partial charge in [-0.15, -0.1) is 0 Å². The van der Waals surface area contributed by atoms with Crippen LogP contribution in [0.5, 0.6) is 0 Å². The summed E-state index contributed by atoms with van der Waals surface area (Å²) >= 11 is 0. The molecule has 1 unspecified atom stereocenters. The van der Waals surface area contributed by atoms with E-state index in [-0.39, 0.29) is 6.10 Å². The number of fused-ring (bicyclic) bond motifs is 1. The summed E-state index contributed by atoms with van der Waals surface area (Å²) in [5.74, 6) is 0. The molecule has 0 fully saturated rings. The number of hydrogen-bond donors (Lipinski definition) is 2. The lowest BCUT2D eigenvalue weighted by atomic mass is 10.0. The zero-order chi connectivity index (χ0) is 13.0. The standard InChI is InChI=1S/C15H16N2O/c1-2-12(18)10-17-15-8-7-11(9-16)13-5-3-4-6-14(13)15/h3-8,12,17-18H,2,10H2,1H3. The quantitative estimate of drug-likeness (QED) is 0.864. The Morgan fingerprint density at radius 2 is 1.94 bits per heavy atom. The summed E-state index contributed by atoms with van der Waals surface area (Å²) in [5, 5.41) is 23.8. The topological polar surface area (TPSA) is 56.0 Å². The molecule has 0 amide bonds. The number of hydrogen-bond acceptors (Lipinski definition) is 3. The average Bonchev–Trinajstić information content (AvgIpc) is 2.44. The molecule has 0 radical (unpaired) electrons. The number of anilines is 1. The third-order valence-corrected chi connectivity index (χ3v) is 3.04. The Balaban J connectivity index is 2.38. The van der Waals surface area contributed by atoms with Crippen LogP contribution in [0.3, 0.4) is 0 Å². The van der Waals surface area contributed by atoms with Gasteiger partial charge in [0, 0.05) is 23.0 Å². The SMILES string of the molecule is CCC(O)CNc1ccc(C#N)c2ccccc12. The highest BCUT2D eigenvalue weighted by molar-refractivity contribution is 5.97. The van der Waals surface area contributed by atoms with Crippen molar-refractivity contribution in [3.63, 3.8) is 0 Å². The zero-order valence-corrected chi connectivity index (χ0v) is 10.4. The van der Waals surface area contributed by atoms with Gasteiger partial charge in [-0.05, 0) is 18.6 Å². The first kappa shape index (κ1) is 12.4. The third-order valence-electron chi connectivity index (χ3n) is 3.04. The Hall–Kier alpha value is -2.05. The maximum Gasteiger partial charge on any atom is 0.0998 e. The van der Waals surface area contributed by atoms with Gasteiger partial charge in [-0.3, -0.25) is 0 Å². The number of rotatable bonds is 4. The minimum atomic E-state index is -0.348. The highest BCUT2D eigenvalue weighted by Gasteiger charge is 2.06. The van der Waals surface area contributed by atoms with E-state index >= 15 is 0 Å². The molecule has 92 valence electrons. The Labute approximate surface area is 107 Å². The van der Waals surface area contributed by atoms with E-state index in [0.717, 1.165) is 22.9 Å². The lowest BCUT2D eigenvalue weighted by molar-refractivity contribution is 0.183. The van der Waals surface area contributed by atoms with Crippen molar-refractivity contribution < 1.29 is 5.11 Å². The number of benzene rings is 2. The molecule has 0 bridgehead atoms. The molecular formula is C15H16N2O. The van der Waals surface area contributed by atoms with Gasteiger partial charge in [0.25, 0.3) is 0 Å². The predicted molar refractivity (Wildman–Crippen MR) is 73.5 cm³/mol. The van der Waals surface area contributed by atoms with E-state index in [0.29, 0.717) is 12.1 Å². The largest absolute Gasteiger partial charge is 0.391 e. The molecule has 0 saturated heterocycles. The van der Waals surface area contributed by atoms with Gasteiger partial charge in [-0.25, -0.2) is 0 Å². The van der Waals surface area contributed by atoms with Crippen molar-refractivity contribution in [1.82, 2.24) is 0 Å². The van der Waals surface area contributed by atoms with Crippen LogP contribution in [0, 0.1) is 11.3 Å². The summed E-state index contributed by atoms with van der Waals surface area (Å²) in [5.41, 5.74) is 1.63. The first-order chi connectivity index (χ1) is 8.76. The molecule has 18 heavy (non-hydrogen) atoms. The molecule has 0 aliphatic carbocycles. The van der Waals surface area contributed by atoms with Crippen LogP contribution >= 0.6 is 0 Å². The van der Waals surface area contributed by atoms with Gasteiger partial charge in [0.05, 0.1) is 17.7 Å². The predicted octanol–water partition coefficient (Wildman–Crippen LogP) is 2.89. The van der Waals surface area contributed by atoms with Gasteiger partial charge in [-0.1, -0.05) is 31.2 Å². The van der Waals surface area contributed by atoms with Crippen LogP contribution in [0.15, 0.2) is 36.4 Å². The lowest BCUT2D eigenvalue weighted by Crippen LogP contribution is -2.18. The minimum absolute atomic E-state index is 0.348. The van der Waals surface area contributed by atoms with E-state index in [2.05, 4.69) is 11.4 Å². The second kappa shape index (κ2) is 5.52. The van der Waals surface area contributed by atoms with E-state index in [4.69, 9.17) is 5.26 Å². The number of aliphatic hydroxyl groups is 1. The fourth-order valence-electron chi connectivity index (χ4n) is 1.92. The van der Waals surface area contributed by atoms with E-state index in [1.807, 2.05) is 43.3 Å². The molecule has 0 aliphatic rings. The fraction of sp³-hybridized carbons (Fsp3) is 0.267. The molecule has 2 aromatic rings. The summed E-state index contributed by atoms with van der Waals surface area (Å²) in [4.78, 5) is 0. The monoisotopic (exact) mass is 240 g/mol. The summed E-state index contributed by atoms with van der Waals surface area (Å²) in [6, 6.07) is 13.7. The molecule has 2 aromatic carbocycles. The van der Waals surface area contributed by atoms with Crippen LogP contribution in [0.2, 0.25) is 0 Å². The van der Waals surface area contributed by atoms with Crippen molar-refractivity contribution in [2.45, 2.75) is 19.4 Å². The van der Waals surface area contributed by atoms with Crippen LogP contribution < -0.4 is 5.32 Å². The van der Waals surface area contributed by atoms with Gasteiger partial charge in [0.1, 0.15) is 0 Å². The molecule has 2 N–H and O–H groups in total. The van der Waals surface area contributed by atoms with E-state index in [1.165, 1.54) is 0 Å². The Kier molecular flexibility index (Phi) is 3.81. The third kappa shape index (κ3) is 2.44. The lowest BCUT2D eigenvalue weighted by Gasteiger charge is -2.13. The summed E-state index contributed by atoms with van der Waals surface area (Å²) in [6.07, 6.45) is 0.376. The van der Waals surface area contributed by atoms with Crippen LogP contribution in [0.1, 0.15) is 18.9 Å². The van der Waals surface area contributed by atoms with Crippen molar-refractivity contribution >= 4 is 16.5 Å². The minimum Gasteiger partial charge on any atom is -0.391 e. The Morgan fingerprint density at radius 1 is 1.22 bits per heavy atom. The highest BCUT2D eigenvalue weighted by atomic mass is 16.3. The molecule has 0 aliphatic heterocycles. The molecular weight excluding hydrogens is 224 g/mol. The van der Waals surface area contributed by atoms with Gasteiger partial charge in [0.2, 0.25) is 0 Å². The molecule has 1 atom stereocenters. The fourth-order valence-corrected chi connectivity index (χ4v) is 1.92. The van der Waals surface area contributed by atoms with Gasteiger partial charge in [-0.2, -0.15) is 5.26 Å².